The summed E-state index contributed by atoms with van der Waals surface area (Å²) in [5, 5.41) is 9.80. The number of rotatable bonds is 6. The van der Waals surface area contributed by atoms with Crippen LogP contribution in [0.1, 0.15) is 15.9 Å². The van der Waals surface area contributed by atoms with E-state index in [4.69, 9.17) is 4.74 Å². The quantitative estimate of drug-likeness (QED) is 0.222. The van der Waals surface area contributed by atoms with Crippen LogP contribution in [0.4, 0.5) is 5.69 Å². The lowest BCUT2D eigenvalue weighted by Crippen LogP contribution is -2.30. The minimum absolute atomic E-state index is 0.140. The number of benzene rings is 5. The lowest BCUT2D eigenvalue weighted by atomic mass is 9.96. The number of methoxy groups -OCH3 is 1. The van der Waals surface area contributed by atoms with Crippen molar-refractivity contribution in [1.82, 2.24) is 5.32 Å². The molecule has 0 heterocycles. The summed E-state index contributed by atoms with van der Waals surface area (Å²) in [6, 6.07) is 34.0. The first kappa shape index (κ1) is 22.9. The van der Waals surface area contributed by atoms with E-state index in [1.807, 2.05) is 54.6 Å². The molecule has 0 fully saturated rings. The Kier molecular flexibility index (Phi) is 6.45. The highest BCUT2D eigenvalue weighted by Gasteiger charge is 2.17. The highest BCUT2D eigenvalue weighted by Crippen LogP contribution is 2.30. The van der Waals surface area contributed by atoms with Crippen LogP contribution in [0.25, 0.3) is 27.6 Å². The molecular weight excluding hydrogens is 448 g/mol. The zero-order valence-electron chi connectivity index (χ0n) is 19.7. The Morgan fingerprint density at radius 3 is 1.92 bits per heavy atom. The Bertz CT molecular complexity index is 1540. The first-order valence-electron chi connectivity index (χ1n) is 11.6. The topological polar surface area (TPSA) is 67.4 Å². The number of nitrogens with one attached hydrogen (secondary N) is 2. The van der Waals surface area contributed by atoms with Crippen LogP contribution in [0.3, 0.4) is 0 Å². The van der Waals surface area contributed by atoms with Crippen molar-refractivity contribution in [2.45, 2.75) is 0 Å². The number of anilines is 1. The Morgan fingerprint density at radius 1 is 0.722 bits per heavy atom. The van der Waals surface area contributed by atoms with Gasteiger partial charge in [0.15, 0.2) is 0 Å². The molecule has 5 aromatic rings. The van der Waals surface area contributed by atoms with Crippen LogP contribution < -0.4 is 15.4 Å². The zero-order valence-corrected chi connectivity index (χ0v) is 19.7. The van der Waals surface area contributed by atoms with E-state index in [1.54, 1.807) is 61.7 Å². The van der Waals surface area contributed by atoms with Gasteiger partial charge in [-0.25, -0.2) is 0 Å². The van der Waals surface area contributed by atoms with E-state index in [1.165, 1.54) is 0 Å². The summed E-state index contributed by atoms with van der Waals surface area (Å²) in [7, 11) is 1.59. The summed E-state index contributed by atoms with van der Waals surface area (Å²) >= 11 is 0. The summed E-state index contributed by atoms with van der Waals surface area (Å²) in [6.45, 7) is 0. The second-order valence-electron chi connectivity index (χ2n) is 8.29. The van der Waals surface area contributed by atoms with Crippen LogP contribution in [0.5, 0.6) is 5.75 Å². The molecular formula is C31H24N2O3. The number of carbonyl (C=O) groups excluding carboxylic acids is 2. The molecule has 36 heavy (non-hydrogen) atoms. The summed E-state index contributed by atoms with van der Waals surface area (Å²) in [4.78, 5) is 26.5. The molecule has 5 nitrogen and oxygen atoms in total. The fraction of sp³-hybridized carbons (Fsp3) is 0.0323. The predicted molar refractivity (Wildman–Crippen MR) is 145 cm³/mol. The molecule has 2 amide bonds. The van der Waals surface area contributed by atoms with E-state index in [9.17, 15) is 9.59 Å². The largest absolute Gasteiger partial charge is 0.497 e. The van der Waals surface area contributed by atoms with E-state index in [2.05, 4.69) is 16.7 Å². The molecule has 176 valence electrons. The van der Waals surface area contributed by atoms with Crippen molar-refractivity contribution in [3.8, 4) is 5.75 Å². The second kappa shape index (κ2) is 10.2. The molecule has 0 bridgehead atoms. The van der Waals surface area contributed by atoms with Gasteiger partial charge in [0.2, 0.25) is 0 Å². The third kappa shape index (κ3) is 4.81. The van der Waals surface area contributed by atoms with E-state index in [-0.39, 0.29) is 11.6 Å². The fourth-order valence-electron chi connectivity index (χ4n) is 4.16. The van der Waals surface area contributed by atoms with Crippen molar-refractivity contribution in [1.29, 1.82) is 0 Å². The molecule has 5 rings (SSSR count). The van der Waals surface area contributed by atoms with Crippen molar-refractivity contribution in [3.05, 3.63) is 126 Å². The Morgan fingerprint density at radius 2 is 1.31 bits per heavy atom. The maximum atomic E-state index is 13.5. The summed E-state index contributed by atoms with van der Waals surface area (Å²) in [6.07, 6.45) is 1.75. The van der Waals surface area contributed by atoms with Crippen LogP contribution in [-0.2, 0) is 4.79 Å². The van der Waals surface area contributed by atoms with Gasteiger partial charge in [0.1, 0.15) is 11.4 Å². The molecule has 0 radical (unpaired) electrons. The normalized spacial score (nSPS) is 11.3. The van der Waals surface area contributed by atoms with Crippen LogP contribution in [0, 0.1) is 0 Å². The number of ether oxygens (including phenoxy) is 1. The molecule has 0 aromatic heterocycles. The van der Waals surface area contributed by atoms with Crippen LogP contribution in [0.2, 0.25) is 0 Å². The van der Waals surface area contributed by atoms with Gasteiger partial charge in [0, 0.05) is 11.3 Å². The smallest absolute Gasteiger partial charge is 0.272 e. The molecule has 0 aliphatic heterocycles. The molecule has 0 spiro atoms. The van der Waals surface area contributed by atoms with Gasteiger partial charge in [-0.3, -0.25) is 9.59 Å². The first-order valence-corrected chi connectivity index (χ1v) is 11.6. The minimum atomic E-state index is -0.429. The lowest BCUT2D eigenvalue weighted by molar-refractivity contribution is -0.113. The van der Waals surface area contributed by atoms with Crippen molar-refractivity contribution in [2.75, 3.05) is 12.4 Å². The highest BCUT2D eigenvalue weighted by molar-refractivity contribution is 6.14. The molecule has 0 unspecified atom stereocenters. The van der Waals surface area contributed by atoms with Crippen LogP contribution >= 0.6 is 0 Å². The molecule has 0 atom stereocenters. The molecule has 0 saturated heterocycles. The van der Waals surface area contributed by atoms with Crippen molar-refractivity contribution in [2.24, 2.45) is 0 Å². The fourth-order valence-corrected chi connectivity index (χ4v) is 4.16. The standard InChI is InChI=1S/C31H24N2O3/c1-36-25-17-15-24(16-18-25)32-31(35)29(33-30(34)21-9-3-2-4-10-21)20-28-26-13-7-5-11-22(26)19-23-12-6-8-14-27(23)28/h2-20H,1H3,(H,32,35)(H,33,34)/b29-20-. The summed E-state index contributed by atoms with van der Waals surface area (Å²) < 4.78 is 5.20. The third-order valence-corrected chi connectivity index (χ3v) is 5.98. The van der Waals surface area contributed by atoms with Crippen molar-refractivity contribution < 1.29 is 14.3 Å². The van der Waals surface area contributed by atoms with E-state index < -0.39 is 5.91 Å². The molecule has 2 N–H and O–H groups in total. The van der Waals surface area contributed by atoms with Crippen LogP contribution in [0.15, 0.2) is 115 Å². The number of carbonyl (C=O) groups is 2. The van der Waals surface area contributed by atoms with Gasteiger partial charge in [0.25, 0.3) is 11.8 Å². The second-order valence-corrected chi connectivity index (χ2v) is 8.29. The average molecular weight is 473 g/mol. The average Bonchev–Trinajstić information content (AvgIpc) is 2.93. The predicted octanol–water partition coefficient (Wildman–Crippen LogP) is 6.41. The van der Waals surface area contributed by atoms with E-state index in [0.29, 0.717) is 17.0 Å². The van der Waals surface area contributed by atoms with Gasteiger partial charge >= 0.3 is 0 Å². The minimum Gasteiger partial charge on any atom is -0.497 e. The zero-order chi connectivity index (χ0) is 24.9. The van der Waals surface area contributed by atoms with Crippen molar-refractivity contribution in [3.63, 3.8) is 0 Å². The highest BCUT2D eigenvalue weighted by atomic mass is 16.5. The number of fused-ring (bicyclic) bond motifs is 2. The molecule has 0 aliphatic rings. The SMILES string of the molecule is COc1ccc(NC(=O)/C(=C/c2c3ccccc3cc3ccccc23)NC(=O)c2ccccc2)cc1. The maximum Gasteiger partial charge on any atom is 0.272 e. The molecule has 5 aromatic carbocycles. The van der Waals surface area contributed by atoms with E-state index >= 15 is 0 Å². The van der Waals surface area contributed by atoms with Gasteiger partial charge in [0.05, 0.1) is 7.11 Å². The molecule has 0 saturated carbocycles. The summed E-state index contributed by atoms with van der Waals surface area (Å²) in [5.74, 6) is -0.110. The third-order valence-electron chi connectivity index (χ3n) is 5.98. The maximum absolute atomic E-state index is 13.5. The molecule has 5 heteroatoms. The number of hydrogen-bond acceptors (Lipinski definition) is 3. The molecule has 0 aliphatic carbocycles. The monoisotopic (exact) mass is 472 g/mol. The Labute approximate surface area is 209 Å². The van der Waals surface area contributed by atoms with E-state index in [0.717, 1.165) is 27.1 Å². The van der Waals surface area contributed by atoms with Gasteiger partial charge in [-0.2, -0.15) is 0 Å². The van der Waals surface area contributed by atoms with Crippen molar-refractivity contribution >= 4 is 45.1 Å². The Hall–Kier alpha value is -4.90. The lowest BCUT2D eigenvalue weighted by Gasteiger charge is -2.14. The summed E-state index contributed by atoms with van der Waals surface area (Å²) in [5.41, 5.74) is 2.05. The first-order chi connectivity index (χ1) is 17.6. The van der Waals surface area contributed by atoms with Gasteiger partial charge in [-0.15, -0.1) is 0 Å². The van der Waals surface area contributed by atoms with Crippen LogP contribution in [-0.4, -0.2) is 18.9 Å². The van der Waals surface area contributed by atoms with Gasteiger partial charge in [-0.1, -0.05) is 66.7 Å². The van der Waals surface area contributed by atoms with Gasteiger partial charge in [-0.05, 0) is 75.6 Å². The number of hydrogen-bond donors (Lipinski definition) is 2. The number of amides is 2. The van der Waals surface area contributed by atoms with Gasteiger partial charge < -0.3 is 15.4 Å². The Balaban J connectivity index is 1.61.